The Kier molecular flexibility index (Phi) is 6.29. The molecule has 9 rings (SSSR count). The molecule has 0 amide bonds. The fraction of sp³-hybridized carbons (Fsp3) is 0.0444. The maximum atomic E-state index is 4.60. The number of para-hydroxylation sites is 2. The van der Waals surface area contributed by atoms with Crippen LogP contribution in [0, 0.1) is 13.8 Å². The zero-order valence-corrected chi connectivity index (χ0v) is 26.4. The summed E-state index contributed by atoms with van der Waals surface area (Å²) >= 11 is 0. The Bertz CT molecular complexity index is 2530. The minimum atomic E-state index is 0.993. The van der Waals surface area contributed by atoms with Gasteiger partial charge in [-0.05, 0) is 111 Å². The van der Waals surface area contributed by atoms with Crippen LogP contribution >= 0.6 is 0 Å². The number of hydrogen-bond donors (Lipinski definition) is 0. The third kappa shape index (κ3) is 4.30. The van der Waals surface area contributed by atoms with Crippen LogP contribution in [0.3, 0.4) is 0 Å². The molecule has 7 aromatic carbocycles. The molecule has 222 valence electrons. The zero-order chi connectivity index (χ0) is 31.5. The number of nitrogens with zero attached hydrogens (tertiary/aromatic N) is 2. The number of hydrogen-bond acceptors (Lipinski definition) is 1. The van der Waals surface area contributed by atoms with Gasteiger partial charge in [0.15, 0.2) is 0 Å². The lowest BCUT2D eigenvalue weighted by molar-refractivity contribution is 1.17. The number of pyridine rings is 1. The van der Waals surface area contributed by atoms with E-state index in [4.69, 9.17) is 0 Å². The van der Waals surface area contributed by atoms with E-state index in [1.807, 2.05) is 18.3 Å². The van der Waals surface area contributed by atoms with Crippen LogP contribution in [0.5, 0.6) is 0 Å². The Labute approximate surface area is 274 Å². The van der Waals surface area contributed by atoms with E-state index in [9.17, 15) is 0 Å². The van der Waals surface area contributed by atoms with Crippen molar-refractivity contribution in [3.8, 4) is 39.2 Å². The third-order valence-corrected chi connectivity index (χ3v) is 9.71. The number of fused-ring (bicyclic) bond motifs is 5. The average molecular weight is 601 g/mol. The quantitative estimate of drug-likeness (QED) is 0.184. The zero-order valence-electron chi connectivity index (χ0n) is 26.4. The molecular formula is C45H32N2. The van der Waals surface area contributed by atoms with E-state index >= 15 is 0 Å². The smallest absolute Gasteiger partial charge is 0.0702 e. The first-order valence-corrected chi connectivity index (χ1v) is 16.2. The Morgan fingerprint density at radius 1 is 0.426 bits per heavy atom. The van der Waals surface area contributed by atoms with Crippen LogP contribution in [-0.2, 0) is 0 Å². The highest BCUT2D eigenvalue weighted by Crippen LogP contribution is 2.46. The van der Waals surface area contributed by atoms with Gasteiger partial charge in [0.05, 0.1) is 16.7 Å². The van der Waals surface area contributed by atoms with Crippen LogP contribution in [0.25, 0.3) is 82.5 Å². The van der Waals surface area contributed by atoms with Crippen molar-refractivity contribution in [2.75, 3.05) is 0 Å². The van der Waals surface area contributed by atoms with Crippen LogP contribution in [0.1, 0.15) is 11.1 Å². The second-order valence-corrected chi connectivity index (χ2v) is 12.5. The molecule has 2 nitrogen and oxygen atoms in total. The topological polar surface area (TPSA) is 17.8 Å². The monoisotopic (exact) mass is 600 g/mol. The maximum absolute atomic E-state index is 4.60. The second-order valence-electron chi connectivity index (χ2n) is 12.5. The number of aromatic nitrogens is 2. The largest absolute Gasteiger partial charge is 0.309 e. The highest BCUT2D eigenvalue weighted by molar-refractivity contribution is 6.22. The molecule has 2 heteroatoms. The van der Waals surface area contributed by atoms with Gasteiger partial charge in [0.1, 0.15) is 0 Å². The van der Waals surface area contributed by atoms with Crippen molar-refractivity contribution in [2.45, 2.75) is 13.8 Å². The Hall–Kier alpha value is -5.99. The Morgan fingerprint density at radius 3 is 1.38 bits per heavy atom. The lowest BCUT2D eigenvalue weighted by atomic mass is 9.83. The standard InChI is InChI=1S/C45H32N2/c1-29-27-31(41-19-11-12-26-46-41)22-24-33(29)44-37-15-3-5-17-39(37)45(40-18-6-4-16-38(40)44)34-25-23-32(28-30(34)2)47-42-20-9-7-13-35(42)36-14-8-10-21-43(36)47/h3-28H,1-2H3. The van der Waals surface area contributed by atoms with Gasteiger partial charge in [0.2, 0.25) is 0 Å². The lowest BCUT2D eigenvalue weighted by Crippen LogP contribution is -1.97. The molecule has 9 aromatic rings. The van der Waals surface area contributed by atoms with E-state index in [1.165, 1.54) is 82.4 Å². The van der Waals surface area contributed by atoms with Gasteiger partial charge in [-0.1, -0.05) is 109 Å². The Balaban J connectivity index is 1.26. The molecule has 0 atom stereocenters. The molecule has 0 saturated carbocycles. The van der Waals surface area contributed by atoms with E-state index in [-0.39, 0.29) is 0 Å². The second kappa shape index (κ2) is 10.8. The molecule has 0 saturated heterocycles. The van der Waals surface area contributed by atoms with E-state index in [2.05, 4.69) is 163 Å². The van der Waals surface area contributed by atoms with Gasteiger partial charge >= 0.3 is 0 Å². The molecule has 2 aromatic heterocycles. The molecule has 2 heterocycles. The Morgan fingerprint density at radius 2 is 0.894 bits per heavy atom. The first-order valence-electron chi connectivity index (χ1n) is 16.2. The van der Waals surface area contributed by atoms with Gasteiger partial charge in [-0.25, -0.2) is 0 Å². The summed E-state index contributed by atoms with van der Waals surface area (Å²) in [6, 6.07) is 55.1. The summed E-state index contributed by atoms with van der Waals surface area (Å²) in [5.74, 6) is 0. The van der Waals surface area contributed by atoms with E-state index in [1.54, 1.807) is 0 Å². The fourth-order valence-electron chi connectivity index (χ4n) is 7.61. The highest BCUT2D eigenvalue weighted by atomic mass is 15.0. The number of rotatable bonds is 4. The van der Waals surface area contributed by atoms with E-state index in [0.717, 1.165) is 11.3 Å². The first-order chi connectivity index (χ1) is 23.2. The summed E-state index contributed by atoms with van der Waals surface area (Å²) < 4.78 is 2.40. The molecule has 0 aliphatic heterocycles. The predicted molar refractivity (Wildman–Crippen MR) is 199 cm³/mol. The van der Waals surface area contributed by atoms with Crippen molar-refractivity contribution >= 4 is 43.4 Å². The third-order valence-electron chi connectivity index (χ3n) is 9.71. The molecule has 47 heavy (non-hydrogen) atoms. The lowest BCUT2D eigenvalue weighted by Gasteiger charge is -2.20. The van der Waals surface area contributed by atoms with Crippen molar-refractivity contribution in [1.29, 1.82) is 0 Å². The minimum absolute atomic E-state index is 0.993. The summed E-state index contributed by atoms with van der Waals surface area (Å²) in [5, 5.41) is 7.62. The maximum Gasteiger partial charge on any atom is 0.0702 e. The predicted octanol–water partition coefficient (Wildman–Crippen LogP) is 12.1. The molecule has 0 fully saturated rings. The van der Waals surface area contributed by atoms with Gasteiger partial charge in [-0.2, -0.15) is 0 Å². The molecule has 0 unspecified atom stereocenters. The van der Waals surface area contributed by atoms with Crippen LogP contribution < -0.4 is 0 Å². The number of benzene rings is 7. The summed E-state index contributed by atoms with van der Waals surface area (Å²) in [7, 11) is 0. The fourth-order valence-corrected chi connectivity index (χ4v) is 7.61. The van der Waals surface area contributed by atoms with E-state index in [0.29, 0.717) is 0 Å². The van der Waals surface area contributed by atoms with Crippen LogP contribution in [0.2, 0.25) is 0 Å². The van der Waals surface area contributed by atoms with Crippen molar-refractivity contribution in [1.82, 2.24) is 9.55 Å². The minimum Gasteiger partial charge on any atom is -0.309 e. The highest BCUT2D eigenvalue weighted by Gasteiger charge is 2.20. The molecule has 0 aliphatic rings. The summed E-state index contributed by atoms with van der Waals surface area (Å²) in [6.45, 7) is 4.47. The van der Waals surface area contributed by atoms with Crippen LogP contribution in [0.4, 0.5) is 0 Å². The van der Waals surface area contributed by atoms with Crippen molar-refractivity contribution in [3.63, 3.8) is 0 Å². The van der Waals surface area contributed by atoms with Crippen molar-refractivity contribution in [3.05, 3.63) is 169 Å². The molecule has 0 aliphatic carbocycles. The summed E-state index contributed by atoms with van der Waals surface area (Å²) in [5.41, 5.74) is 13.3. The van der Waals surface area contributed by atoms with Crippen LogP contribution in [0.15, 0.2) is 158 Å². The SMILES string of the molecule is Cc1cc(-c2ccccn2)ccc1-c1c2ccccc2c(-c2ccc(-n3c4ccccc4c4ccccc43)cc2C)c2ccccc12. The number of aryl methyl sites for hydroxylation is 2. The van der Waals surface area contributed by atoms with Gasteiger partial charge < -0.3 is 4.57 Å². The van der Waals surface area contributed by atoms with Crippen molar-refractivity contribution < 1.29 is 0 Å². The normalized spacial score (nSPS) is 11.6. The first kappa shape index (κ1) is 27.3. The van der Waals surface area contributed by atoms with Crippen molar-refractivity contribution in [2.24, 2.45) is 0 Å². The summed E-state index contributed by atoms with van der Waals surface area (Å²) in [6.07, 6.45) is 1.86. The van der Waals surface area contributed by atoms with Gasteiger partial charge in [0.25, 0.3) is 0 Å². The van der Waals surface area contributed by atoms with Gasteiger partial charge in [0, 0.05) is 28.2 Å². The van der Waals surface area contributed by atoms with Gasteiger partial charge in [-0.3, -0.25) is 4.98 Å². The van der Waals surface area contributed by atoms with Gasteiger partial charge in [-0.15, -0.1) is 0 Å². The van der Waals surface area contributed by atoms with Crippen LogP contribution in [-0.4, -0.2) is 9.55 Å². The molecule has 0 N–H and O–H groups in total. The average Bonchev–Trinajstić information content (AvgIpc) is 3.46. The molecule has 0 bridgehead atoms. The molecule has 0 spiro atoms. The van der Waals surface area contributed by atoms with E-state index < -0.39 is 0 Å². The molecule has 0 radical (unpaired) electrons. The summed E-state index contributed by atoms with van der Waals surface area (Å²) in [4.78, 5) is 4.60. The molecular weight excluding hydrogens is 569 g/mol.